The zero-order chi connectivity index (χ0) is 18.5. The molecule has 3 rings (SSSR count). The summed E-state index contributed by atoms with van der Waals surface area (Å²) in [6.45, 7) is 3.57. The van der Waals surface area contributed by atoms with Gasteiger partial charge in [-0.05, 0) is 44.2 Å². The van der Waals surface area contributed by atoms with Crippen LogP contribution in [0.25, 0.3) is 17.5 Å². The van der Waals surface area contributed by atoms with Gasteiger partial charge in [-0.1, -0.05) is 0 Å². The summed E-state index contributed by atoms with van der Waals surface area (Å²) in [7, 11) is 1.60. The number of thiazole rings is 1. The Balaban J connectivity index is 1.62. The number of nitrogens with zero attached hydrogens (tertiary/aromatic N) is 3. The maximum atomic E-state index is 11.9. The molecule has 0 spiro atoms. The maximum absolute atomic E-state index is 11.9. The minimum atomic E-state index is -0.663. The van der Waals surface area contributed by atoms with Crippen molar-refractivity contribution in [1.29, 1.82) is 0 Å². The number of hydrogen-bond acceptors (Lipinski definition) is 8. The van der Waals surface area contributed by atoms with E-state index in [-0.39, 0.29) is 5.89 Å². The van der Waals surface area contributed by atoms with E-state index in [0.29, 0.717) is 5.89 Å². The highest BCUT2D eigenvalue weighted by molar-refractivity contribution is 7.09. The van der Waals surface area contributed by atoms with Gasteiger partial charge >= 0.3 is 5.97 Å². The number of benzene rings is 1. The fourth-order valence-corrected chi connectivity index (χ4v) is 2.70. The van der Waals surface area contributed by atoms with Gasteiger partial charge in [-0.15, -0.1) is 21.5 Å². The first-order chi connectivity index (χ1) is 12.5. The van der Waals surface area contributed by atoms with Crippen molar-refractivity contribution in [2.75, 3.05) is 7.11 Å². The molecule has 2 aromatic heterocycles. The standard InChI is InChI=1S/C18H17N3O4S/c1-11(24-16(22)9-6-14-10-26-12(2)19-14)17-20-21-18(25-17)13-4-7-15(23-3)8-5-13/h4-11H,1-3H3/b9-6+. The van der Waals surface area contributed by atoms with E-state index in [4.69, 9.17) is 13.9 Å². The first-order valence-electron chi connectivity index (χ1n) is 7.84. The minimum absolute atomic E-state index is 0.224. The maximum Gasteiger partial charge on any atom is 0.331 e. The molecule has 0 aliphatic carbocycles. The fraction of sp³-hybridized carbons (Fsp3) is 0.222. The molecule has 1 unspecified atom stereocenters. The summed E-state index contributed by atoms with van der Waals surface area (Å²) in [6.07, 6.45) is 2.27. The van der Waals surface area contributed by atoms with Crippen LogP contribution < -0.4 is 4.74 Å². The lowest BCUT2D eigenvalue weighted by atomic mass is 10.2. The normalized spacial score (nSPS) is 12.3. The van der Waals surface area contributed by atoms with Crippen LogP contribution in [0.1, 0.15) is 29.6 Å². The number of hydrogen-bond donors (Lipinski definition) is 0. The van der Waals surface area contributed by atoms with Crippen molar-refractivity contribution in [2.45, 2.75) is 20.0 Å². The Hall–Kier alpha value is -3.00. The van der Waals surface area contributed by atoms with Gasteiger partial charge in [0, 0.05) is 17.0 Å². The van der Waals surface area contributed by atoms with E-state index in [1.165, 1.54) is 17.4 Å². The second-order valence-corrected chi connectivity index (χ2v) is 6.44. The van der Waals surface area contributed by atoms with E-state index in [2.05, 4.69) is 15.2 Å². The lowest BCUT2D eigenvalue weighted by Crippen LogP contribution is -2.06. The monoisotopic (exact) mass is 371 g/mol. The third-order valence-electron chi connectivity index (χ3n) is 3.45. The topological polar surface area (TPSA) is 87.3 Å². The number of methoxy groups -OCH3 is 1. The van der Waals surface area contributed by atoms with Gasteiger partial charge < -0.3 is 13.9 Å². The summed E-state index contributed by atoms with van der Waals surface area (Å²) in [6, 6.07) is 7.22. The lowest BCUT2D eigenvalue weighted by Gasteiger charge is -2.06. The number of carbonyl (C=O) groups is 1. The van der Waals surface area contributed by atoms with Crippen LogP contribution in [0.5, 0.6) is 5.75 Å². The highest BCUT2D eigenvalue weighted by atomic mass is 32.1. The van der Waals surface area contributed by atoms with E-state index >= 15 is 0 Å². The first kappa shape index (κ1) is 17.8. The smallest absolute Gasteiger partial charge is 0.331 e. The van der Waals surface area contributed by atoms with Crippen molar-refractivity contribution in [3.05, 3.63) is 52.3 Å². The average Bonchev–Trinajstić information content (AvgIpc) is 3.29. The number of esters is 1. The molecule has 0 amide bonds. The molecule has 3 aromatic rings. The Morgan fingerprint density at radius 1 is 1.27 bits per heavy atom. The van der Waals surface area contributed by atoms with Crippen LogP contribution >= 0.6 is 11.3 Å². The van der Waals surface area contributed by atoms with Crippen LogP contribution in [-0.4, -0.2) is 28.3 Å². The Kier molecular flexibility index (Phi) is 5.43. The van der Waals surface area contributed by atoms with Crippen molar-refractivity contribution < 1.29 is 18.7 Å². The zero-order valence-corrected chi connectivity index (χ0v) is 15.3. The van der Waals surface area contributed by atoms with Crippen molar-refractivity contribution in [1.82, 2.24) is 15.2 Å². The Morgan fingerprint density at radius 3 is 2.69 bits per heavy atom. The molecule has 26 heavy (non-hydrogen) atoms. The number of aryl methyl sites for hydroxylation is 1. The van der Waals surface area contributed by atoms with Gasteiger partial charge in [0.2, 0.25) is 5.89 Å². The number of rotatable bonds is 6. The first-order valence-corrected chi connectivity index (χ1v) is 8.72. The molecule has 7 nitrogen and oxygen atoms in total. The number of ether oxygens (including phenoxy) is 2. The lowest BCUT2D eigenvalue weighted by molar-refractivity contribution is -0.143. The van der Waals surface area contributed by atoms with Gasteiger partial charge in [0.05, 0.1) is 17.8 Å². The summed E-state index contributed by atoms with van der Waals surface area (Å²) in [4.78, 5) is 16.2. The van der Waals surface area contributed by atoms with Gasteiger partial charge in [-0.25, -0.2) is 9.78 Å². The summed E-state index contributed by atoms with van der Waals surface area (Å²) in [5, 5.41) is 10.7. The third kappa shape index (κ3) is 4.34. The SMILES string of the molecule is COc1ccc(-c2nnc(C(C)OC(=O)/C=C/c3csc(C)n3)o2)cc1. The summed E-state index contributed by atoms with van der Waals surface area (Å²) >= 11 is 1.51. The highest BCUT2D eigenvalue weighted by Crippen LogP contribution is 2.24. The van der Waals surface area contributed by atoms with Gasteiger partial charge in [-0.2, -0.15) is 0 Å². The van der Waals surface area contributed by atoms with Crippen LogP contribution in [0, 0.1) is 6.92 Å². The molecular weight excluding hydrogens is 354 g/mol. The quantitative estimate of drug-likeness (QED) is 0.481. The Bertz CT molecular complexity index is 915. The molecule has 1 atom stereocenters. The number of aromatic nitrogens is 3. The highest BCUT2D eigenvalue weighted by Gasteiger charge is 2.18. The molecule has 0 saturated heterocycles. The van der Waals surface area contributed by atoms with Gasteiger partial charge in [0.1, 0.15) is 5.75 Å². The van der Waals surface area contributed by atoms with Crippen molar-refractivity contribution in [3.8, 4) is 17.2 Å². The van der Waals surface area contributed by atoms with Crippen LogP contribution in [0.3, 0.4) is 0 Å². The van der Waals surface area contributed by atoms with Crippen molar-refractivity contribution >= 4 is 23.4 Å². The average molecular weight is 371 g/mol. The largest absolute Gasteiger partial charge is 0.497 e. The summed E-state index contributed by atoms with van der Waals surface area (Å²) in [5.74, 6) is 0.798. The molecule has 134 valence electrons. The van der Waals surface area contributed by atoms with Crippen LogP contribution in [-0.2, 0) is 9.53 Å². The number of carbonyl (C=O) groups excluding carboxylic acids is 1. The zero-order valence-electron chi connectivity index (χ0n) is 14.5. The second kappa shape index (κ2) is 7.92. The second-order valence-electron chi connectivity index (χ2n) is 5.38. The van der Waals surface area contributed by atoms with Crippen LogP contribution in [0.15, 0.2) is 40.1 Å². The third-order valence-corrected chi connectivity index (χ3v) is 4.24. The molecule has 8 heteroatoms. The van der Waals surface area contributed by atoms with Gasteiger partial charge in [0.25, 0.3) is 5.89 Å². The molecule has 0 radical (unpaired) electrons. The van der Waals surface area contributed by atoms with Crippen molar-refractivity contribution in [2.24, 2.45) is 0 Å². The Labute approximate surface area is 154 Å². The molecule has 1 aromatic carbocycles. The van der Waals surface area contributed by atoms with E-state index < -0.39 is 12.1 Å². The van der Waals surface area contributed by atoms with E-state index in [1.807, 2.05) is 24.4 Å². The predicted molar refractivity (Wildman–Crippen MR) is 96.7 cm³/mol. The van der Waals surface area contributed by atoms with Crippen molar-refractivity contribution in [3.63, 3.8) is 0 Å². The van der Waals surface area contributed by atoms with Gasteiger partial charge in [-0.3, -0.25) is 0 Å². The molecule has 0 N–H and O–H groups in total. The molecule has 0 aliphatic rings. The molecule has 2 heterocycles. The predicted octanol–water partition coefficient (Wildman–Crippen LogP) is 3.83. The summed E-state index contributed by atoms with van der Waals surface area (Å²) < 4.78 is 16.0. The molecule has 0 saturated carbocycles. The molecule has 0 aliphatic heterocycles. The Morgan fingerprint density at radius 2 is 2.04 bits per heavy atom. The molecule has 0 bridgehead atoms. The molecule has 0 fully saturated rings. The summed E-state index contributed by atoms with van der Waals surface area (Å²) in [5.41, 5.74) is 1.47. The van der Waals surface area contributed by atoms with Gasteiger partial charge in [0.15, 0.2) is 6.10 Å². The molecular formula is C18H17N3O4S. The van der Waals surface area contributed by atoms with E-state index in [1.54, 1.807) is 32.2 Å². The van der Waals surface area contributed by atoms with Crippen LogP contribution in [0.2, 0.25) is 0 Å². The minimum Gasteiger partial charge on any atom is -0.497 e. The van der Waals surface area contributed by atoms with E-state index in [0.717, 1.165) is 22.0 Å². The fourth-order valence-electron chi connectivity index (χ4n) is 2.12. The van der Waals surface area contributed by atoms with E-state index in [9.17, 15) is 4.79 Å². The van der Waals surface area contributed by atoms with Crippen LogP contribution in [0.4, 0.5) is 0 Å².